The lowest BCUT2D eigenvalue weighted by Gasteiger charge is -2.23. The number of likely N-dealkylation sites (N-methyl/N-ethyl adjacent to an activating group) is 1. The van der Waals surface area contributed by atoms with E-state index >= 15 is 0 Å². The lowest BCUT2D eigenvalue weighted by Crippen LogP contribution is -2.32. The van der Waals surface area contributed by atoms with E-state index in [0.717, 1.165) is 13.0 Å². The van der Waals surface area contributed by atoms with Crippen molar-refractivity contribution in [2.24, 2.45) is 0 Å². The molecular weight excluding hydrogens is 270 g/mol. The molecule has 0 amide bonds. The van der Waals surface area contributed by atoms with E-state index in [2.05, 4.69) is 31.1 Å². The minimum absolute atomic E-state index is 0.00513. The van der Waals surface area contributed by atoms with E-state index < -0.39 is 4.92 Å². The third-order valence-corrected chi connectivity index (χ3v) is 3.60. The van der Waals surface area contributed by atoms with E-state index in [0.29, 0.717) is 30.6 Å². The lowest BCUT2D eigenvalue weighted by atomic mass is 10.2. The molecule has 0 fully saturated rings. The van der Waals surface area contributed by atoms with Crippen LogP contribution in [0.1, 0.15) is 27.2 Å². The topological polar surface area (TPSA) is 67.6 Å². The fraction of sp³-hybridized carbons (Fsp3) is 0.600. The smallest absolute Gasteiger partial charge is 0.333 e. The van der Waals surface area contributed by atoms with Crippen LogP contribution in [0.25, 0.3) is 0 Å². The van der Waals surface area contributed by atoms with Crippen molar-refractivity contribution in [1.82, 2.24) is 4.90 Å². The van der Waals surface area contributed by atoms with Crippen LogP contribution in [0.2, 0.25) is 0 Å². The molecule has 0 aromatic heterocycles. The minimum atomic E-state index is -0.397. The Morgan fingerprint density at radius 1 is 1.43 bits per heavy atom. The van der Waals surface area contributed by atoms with Crippen LogP contribution < -0.4 is 10.1 Å². The fourth-order valence-electron chi connectivity index (χ4n) is 2.02. The number of hydrogen-bond acceptors (Lipinski definition) is 5. The number of hydrogen-bond donors (Lipinski definition) is 1. The summed E-state index contributed by atoms with van der Waals surface area (Å²) < 4.78 is 5.33. The Morgan fingerprint density at radius 2 is 2.14 bits per heavy atom. The van der Waals surface area contributed by atoms with Gasteiger partial charge in [0.25, 0.3) is 0 Å². The molecule has 0 aliphatic carbocycles. The summed E-state index contributed by atoms with van der Waals surface area (Å²) in [6.45, 7) is 8.00. The molecule has 6 heteroatoms. The van der Waals surface area contributed by atoms with Gasteiger partial charge in [0.1, 0.15) is 5.69 Å². The van der Waals surface area contributed by atoms with Crippen LogP contribution in [0.5, 0.6) is 5.75 Å². The Labute approximate surface area is 126 Å². The van der Waals surface area contributed by atoms with Crippen LogP contribution in [-0.4, -0.2) is 42.6 Å². The maximum absolute atomic E-state index is 11.2. The molecule has 0 bridgehead atoms. The van der Waals surface area contributed by atoms with Gasteiger partial charge < -0.3 is 15.0 Å². The van der Waals surface area contributed by atoms with E-state index in [4.69, 9.17) is 4.74 Å². The van der Waals surface area contributed by atoms with E-state index in [1.54, 1.807) is 18.2 Å². The summed E-state index contributed by atoms with van der Waals surface area (Å²) in [6, 6.07) is 5.59. The zero-order chi connectivity index (χ0) is 15.8. The molecule has 1 N–H and O–H groups in total. The van der Waals surface area contributed by atoms with Gasteiger partial charge in [-0.15, -0.1) is 0 Å². The van der Waals surface area contributed by atoms with Crippen LogP contribution >= 0.6 is 0 Å². The van der Waals surface area contributed by atoms with Crippen LogP contribution in [0.15, 0.2) is 18.2 Å². The highest BCUT2D eigenvalue weighted by Gasteiger charge is 2.20. The lowest BCUT2D eigenvalue weighted by molar-refractivity contribution is -0.384. The minimum Gasteiger partial charge on any atom is -0.487 e. The largest absolute Gasteiger partial charge is 0.487 e. The third-order valence-electron chi connectivity index (χ3n) is 3.60. The Bertz CT molecular complexity index is 465. The number of nitro benzene ring substituents is 1. The maximum Gasteiger partial charge on any atom is 0.333 e. The number of benzene rings is 1. The molecule has 0 saturated heterocycles. The molecule has 118 valence electrons. The number of rotatable bonds is 9. The molecule has 21 heavy (non-hydrogen) atoms. The Morgan fingerprint density at radius 3 is 2.71 bits per heavy atom. The average Bonchev–Trinajstić information content (AvgIpc) is 2.46. The van der Waals surface area contributed by atoms with Crippen LogP contribution in [0.3, 0.4) is 0 Å². The van der Waals surface area contributed by atoms with Gasteiger partial charge in [-0.25, -0.2) is 0 Å². The average molecular weight is 295 g/mol. The predicted octanol–water partition coefficient (Wildman–Crippen LogP) is 3.14. The summed E-state index contributed by atoms with van der Waals surface area (Å²) in [7, 11) is 2.06. The van der Waals surface area contributed by atoms with Gasteiger partial charge in [-0.1, -0.05) is 13.0 Å². The predicted molar refractivity (Wildman–Crippen MR) is 85.1 cm³/mol. The Balaban J connectivity index is 2.74. The first-order chi connectivity index (χ1) is 10.0. The second kappa shape index (κ2) is 8.46. The number of nitrogens with one attached hydrogen (secondary N) is 1. The highest BCUT2D eigenvalue weighted by molar-refractivity contribution is 5.68. The van der Waals surface area contributed by atoms with Crippen molar-refractivity contribution < 1.29 is 9.66 Å². The summed E-state index contributed by atoms with van der Waals surface area (Å²) in [6.07, 6.45) is 1.08. The number of nitro groups is 1. The monoisotopic (exact) mass is 295 g/mol. The van der Waals surface area contributed by atoms with Crippen molar-refractivity contribution in [3.8, 4) is 5.75 Å². The normalized spacial score (nSPS) is 12.2. The van der Waals surface area contributed by atoms with Crippen molar-refractivity contribution in [3.63, 3.8) is 0 Å². The second-order valence-corrected chi connectivity index (χ2v) is 5.01. The molecule has 0 saturated carbocycles. The van der Waals surface area contributed by atoms with E-state index in [-0.39, 0.29) is 5.69 Å². The number of nitrogens with zero attached hydrogens (tertiary/aromatic N) is 2. The molecule has 1 unspecified atom stereocenters. The molecule has 0 radical (unpaired) electrons. The number of para-hydroxylation sites is 1. The van der Waals surface area contributed by atoms with Crippen molar-refractivity contribution in [1.29, 1.82) is 0 Å². The molecule has 0 aliphatic heterocycles. The van der Waals surface area contributed by atoms with Crippen molar-refractivity contribution in [2.45, 2.75) is 33.2 Å². The van der Waals surface area contributed by atoms with Crippen molar-refractivity contribution >= 4 is 11.4 Å². The number of ether oxygens (including phenoxy) is 1. The van der Waals surface area contributed by atoms with Gasteiger partial charge in [0.2, 0.25) is 0 Å². The molecule has 1 atom stereocenters. The summed E-state index contributed by atoms with van der Waals surface area (Å²) >= 11 is 0. The van der Waals surface area contributed by atoms with Crippen molar-refractivity contribution in [2.75, 3.05) is 32.1 Å². The van der Waals surface area contributed by atoms with Gasteiger partial charge in [0, 0.05) is 19.1 Å². The first kappa shape index (κ1) is 17.2. The summed E-state index contributed by atoms with van der Waals surface area (Å²) in [5.41, 5.74) is 0.508. The highest BCUT2D eigenvalue weighted by atomic mass is 16.6. The molecule has 1 aromatic rings. The van der Waals surface area contributed by atoms with Crippen molar-refractivity contribution in [3.05, 3.63) is 28.3 Å². The van der Waals surface area contributed by atoms with Crippen LogP contribution in [0.4, 0.5) is 11.4 Å². The van der Waals surface area contributed by atoms with Crippen LogP contribution in [-0.2, 0) is 0 Å². The number of anilines is 1. The molecule has 1 rings (SSSR count). The summed E-state index contributed by atoms with van der Waals surface area (Å²) in [5, 5.41) is 14.4. The molecular formula is C15H25N3O3. The summed E-state index contributed by atoms with van der Waals surface area (Å²) in [5.74, 6) is 0.308. The van der Waals surface area contributed by atoms with E-state index in [1.165, 1.54) is 0 Å². The Kier molecular flexibility index (Phi) is 6.94. The zero-order valence-electron chi connectivity index (χ0n) is 13.3. The second-order valence-electron chi connectivity index (χ2n) is 5.01. The zero-order valence-corrected chi connectivity index (χ0v) is 13.3. The molecule has 1 aromatic carbocycles. The van der Waals surface area contributed by atoms with Crippen LogP contribution in [0, 0.1) is 10.1 Å². The first-order valence-corrected chi connectivity index (χ1v) is 7.35. The van der Waals surface area contributed by atoms with E-state index in [1.807, 2.05) is 6.92 Å². The molecule has 0 spiro atoms. The molecule has 0 heterocycles. The van der Waals surface area contributed by atoms with Gasteiger partial charge in [-0.05, 0) is 39.4 Å². The van der Waals surface area contributed by atoms with Gasteiger partial charge in [-0.2, -0.15) is 0 Å². The van der Waals surface area contributed by atoms with Gasteiger partial charge in [-0.3, -0.25) is 10.1 Å². The summed E-state index contributed by atoms with van der Waals surface area (Å²) in [4.78, 5) is 13.1. The first-order valence-electron chi connectivity index (χ1n) is 7.35. The van der Waals surface area contributed by atoms with E-state index in [9.17, 15) is 10.1 Å². The quantitative estimate of drug-likeness (QED) is 0.560. The van der Waals surface area contributed by atoms with Gasteiger partial charge in [0.15, 0.2) is 5.75 Å². The maximum atomic E-state index is 11.2. The third kappa shape index (κ3) is 4.90. The Hall–Kier alpha value is -1.82. The standard InChI is InChI=1S/C15H25N3O3/c1-5-12(3)17(4)11-10-16-13-8-7-9-14(21-6-2)15(13)18(19)20/h7-9,12,16H,5-6,10-11H2,1-4H3. The van der Waals surface area contributed by atoms with Gasteiger partial charge >= 0.3 is 5.69 Å². The van der Waals surface area contributed by atoms with Gasteiger partial charge in [0.05, 0.1) is 11.5 Å². The SMILES string of the molecule is CCOc1cccc(NCCN(C)C(C)CC)c1[N+](=O)[O-]. The molecule has 6 nitrogen and oxygen atoms in total. The highest BCUT2D eigenvalue weighted by Crippen LogP contribution is 2.34. The molecule has 0 aliphatic rings. The fourth-order valence-corrected chi connectivity index (χ4v) is 2.02.